The van der Waals surface area contributed by atoms with Gasteiger partial charge in [-0.2, -0.15) is 0 Å². The maximum Gasteiger partial charge on any atom is 0.343 e. The van der Waals surface area contributed by atoms with Crippen LogP contribution in [0.5, 0.6) is 0 Å². The predicted molar refractivity (Wildman–Crippen MR) is 76.8 cm³/mol. The molecule has 1 amide bonds. The Bertz CT molecular complexity index is 914. The van der Waals surface area contributed by atoms with Gasteiger partial charge in [-0.3, -0.25) is 4.79 Å². The Hall–Kier alpha value is -3.02. The van der Waals surface area contributed by atoms with Gasteiger partial charge in [-0.1, -0.05) is 24.3 Å². The standard InChI is InChI=1S/C16H9F2NO3/c17-12-6-3-7-13(18)14(12)19-15(20)11-8-22-16(21)10-5-2-1-4-9(10)11/h1-8H,(H,19,20). The molecule has 0 bridgehead atoms. The lowest BCUT2D eigenvalue weighted by Crippen LogP contribution is -2.16. The smallest absolute Gasteiger partial charge is 0.343 e. The van der Waals surface area contributed by atoms with Crippen LogP contribution in [0.1, 0.15) is 10.4 Å². The minimum atomic E-state index is -0.893. The van der Waals surface area contributed by atoms with Crippen molar-refractivity contribution in [1.29, 1.82) is 0 Å². The molecule has 1 heterocycles. The number of para-hydroxylation sites is 1. The van der Waals surface area contributed by atoms with Gasteiger partial charge in [-0.05, 0) is 18.2 Å². The number of hydrogen-bond acceptors (Lipinski definition) is 3. The lowest BCUT2D eigenvalue weighted by molar-refractivity contribution is 0.102. The number of benzene rings is 2. The summed E-state index contributed by atoms with van der Waals surface area (Å²) in [7, 11) is 0. The molecule has 3 rings (SSSR count). The van der Waals surface area contributed by atoms with E-state index in [0.29, 0.717) is 5.39 Å². The normalized spacial score (nSPS) is 10.6. The number of amides is 1. The predicted octanol–water partition coefficient (Wildman–Crippen LogP) is 3.32. The lowest BCUT2D eigenvalue weighted by atomic mass is 10.1. The maximum absolute atomic E-state index is 13.6. The van der Waals surface area contributed by atoms with Crippen LogP contribution >= 0.6 is 0 Å². The van der Waals surface area contributed by atoms with E-state index in [9.17, 15) is 18.4 Å². The minimum absolute atomic E-state index is 0.0119. The molecule has 0 saturated heterocycles. The van der Waals surface area contributed by atoms with E-state index in [-0.39, 0.29) is 10.9 Å². The Kier molecular flexibility index (Phi) is 3.42. The summed E-state index contributed by atoms with van der Waals surface area (Å²) in [6.45, 7) is 0. The van der Waals surface area contributed by atoms with E-state index in [1.54, 1.807) is 18.2 Å². The molecule has 110 valence electrons. The van der Waals surface area contributed by atoms with Crippen molar-refractivity contribution >= 4 is 22.4 Å². The van der Waals surface area contributed by atoms with Gasteiger partial charge in [-0.15, -0.1) is 0 Å². The van der Waals surface area contributed by atoms with Crippen LogP contribution in [-0.2, 0) is 0 Å². The van der Waals surface area contributed by atoms with Gasteiger partial charge in [0.25, 0.3) is 5.91 Å². The van der Waals surface area contributed by atoms with Gasteiger partial charge in [0.1, 0.15) is 23.6 Å². The van der Waals surface area contributed by atoms with Crippen molar-refractivity contribution < 1.29 is 18.0 Å². The largest absolute Gasteiger partial charge is 0.430 e. The molecule has 0 aliphatic rings. The van der Waals surface area contributed by atoms with Gasteiger partial charge >= 0.3 is 5.63 Å². The van der Waals surface area contributed by atoms with Crippen molar-refractivity contribution in [3.05, 3.63) is 76.3 Å². The third-order valence-electron chi connectivity index (χ3n) is 3.17. The average Bonchev–Trinajstić information content (AvgIpc) is 2.51. The van der Waals surface area contributed by atoms with Crippen LogP contribution in [0.2, 0.25) is 0 Å². The average molecular weight is 301 g/mol. The van der Waals surface area contributed by atoms with Gasteiger partial charge in [0.2, 0.25) is 0 Å². The number of rotatable bonds is 2. The molecule has 0 saturated carbocycles. The van der Waals surface area contributed by atoms with Crippen molar-refractivity contribution in [3.8, 4) is 0 Å². The molecule has 4 nitrogen and oxygen atoms in total. The molecular formula is C16H9F2NO3. The first-order valence-corrected chi connectivity index (χ1v) is 6.34. The van der Waals surface area contributed by atoms with Crippen LogP contribution in [0, 0.1) is 11.6 Å². The zero-order valence-electron chi connectivity index (χ0n) is 11.1. The second-order valence-electron chi connectivity index (χ2n) is 4.53. The molecule has 6 heteroatoms. The van der Waals surface area contributed by atoms with Crippen LogP contribution in [0.25, 0.3) is 10.8 Å². The number of carbonyl (C=O) groups is 1. The summed E-state index contributed by atoms with van der Waals surface area (Å²) < 4.78 is 31.9. The second kappa shape index (κ2) is 5.40. The number of carbonyl (C=O) groups excluding carboxylic acids is 1. The lowest BCUT2D eigenvalue weighted by Gasteiger charge is -2.08. The number of fused-ring (bicyclic) bond motifs is 1. The summed E-state index contributed by atoms with van der Waals surface area (Å²) in [6, 6.07) is 9.57. The van der Waals surface area contributed by atoms with Gasteiger partial charge in [0.15, 0.2) is 0 Å². The highest BCUT2D eigenvalue weighted by Crippen LogP contribution is 2.21. The number of hydrogen-bond donors (Lipinski definition) is 1. The molecule has 0 spiro atoms. The van der Waals surface area contributed by atoms with E-state index in [4.69, 9.17) is 4.42 Å². The van der Waals surface area contributed by atoms with E-state index in [1.807, 2.05) is 0 Å². The summed E-state index contributed by atoms with van der Waals surface area (Å²) in [4.78, 5) is 23.8. The Balaban J connectivity index is 2.07. The van der Waals surface area contributed by atoms with Gasteiger partial charge in [-0.25, -0.2) is 13.6 Å². The SMILES string of the molecule is O=C(Nc1c(F)cccc1F)c1coc(=O)c2ccccc12. The summed E-state index contributed by atoms with van der Waals surface area (Å²) in [6.07, 6.45) is 0.971. The third kappa shape index (κ3) is 2.35. The number of anilines is 1. The summed E-state index contributed by atoms with van der Waals surface area (Å²) in [5.41, 5.74) is -1.13. The molecule has 2 aromatic carbocycles. The zero-order chi connectivity index (χ0) is 15.7. The summed E-state index contributed by atoms with van der Waals surface area (Å²) in [5, 5.41) is 2.71. The topological polar surface area (TPSA) is 59.3 Å². The van der Waals surface area contributed by atoms with Crippen molar-refractivity contribution in [2.75, 3.05) is 5.32 Å². The zero-order valence-corrected chi connectivity index (χ0v) is 11.1. The molecule has 0 radical (unpaired) electrons. The molecule has 22 heavy (non-hydrogen) atoms. The molecule has 1 aromatic heterocycles. The number of nitrogens with one attached hydrogen (secondary N) is 1. The fraction of sp³-hybridized carbons (Fsp3) is 0. The van der Waals surface area contributed by atoms with E-state index in [0.717, 1.165) is 18.4 Å². The van der Waals surface area contributed by atoms with Crippen LogP contribution in [-0.4, -0.2) is 5.91 Å². The van der Waals surface area contributed by atoms with E-state index >= 15 is 0 Å². The third-order valence-corrected chi connectivity index (χ3v) is 3.17. The van der Waals surface area contributed by atoms with Crippen LogP contribution in [0.3, 0.4) is 0 Å². The van der Waals surface area contributed by atoms with E-state index < -0.39 is 28.9 Å². The monoisotopic (exact) mass is 301 g/mol. The minimum Gasteiger partial charge on any atom is -0.430 e. The van der Waals surface area contributed by atoms with Crippen LogP contribution < -0.4 is 10.9 Å². The summed E-state index contributed by atoms with van der Waals surface area (Å²) in [5.74, 6) is -2.56. The Labute approximate surface area is 123 Å². The van der Waals surface area contributed by atoms with E-state index in [1.165, 1.54) is 12.1 Å². The quantitative estimate of drug-likeness (QED) is 0.790. The highest BCUT2D eigenvalue weighted by molar-refractivity contribution is 6.12. The van der Waals surface area contributed by atoms with Crippen molar-refractivity contribution in [3.63, 3.8) is 0 Å². The fourth-order valence-corrected chi connectivity index (χ4v) is 2.11. The first kappa shape index (κ1) is 13.9. The van der Waals surface area contributed by atoms with Gasteiger partial charge < -0.3 is 9.73 Å². The maximum atomic E-state index is 13.6. The van der Waals surface area contributed by atoms with Gasteiger partial charge in [0, 0.05) is 5.39 Å². The highest BCUT2D eigenvalue weighted by Gasteiger charge is 2.17. The van der Waals surface area contributed by atoms with Gasteiger partial charge in [0.05, 0.1) is 10.9 Å². The van der Waals surface area contributed by atoms with Crippen LogP contribution in [0.15, 0.2) is 57.9 Å². The van der Waals surface area contributed by atoms with E-state index in [2.05, 4.69) is 5.32 Å². The first-order chi connectivity index (χ1) is 10.6. The Morgan fingerprint density at radius 1 is 0.955 bits per heavy atom. The highest BCUT2D eigenvalue weighted by atomic mass is 19.1. The van der Waals surface area contributed by atoms with Crippen LogP contribution in [0.4, 0.5) is 14.5 Å². The Morgan fingerprint density at radius 2 is 1.59 bits per heavy atom. The summed E-state index contributed by atoms with van der Waals surface area (Å²) >= 11 is 0. The number of halogens is 2. The molecule has 0 unspecified atom stereocenters. The fourth-order valence-electron chi connectivity index (χ4n) is 2.11. The van der Waals surface area contributed by atoms with Crippen molar-refractivity contribution in [2.45, 2.75) is 0 Å². The van der Waals surface area contributed by atoms with Crippen molar-refractivity contribution in [1.82, 2.24) is 0 Å². The molecule has 0 aliphatic carbocycles. The first-order valence-electron chi connectivity index (χ1n) is 6.34. The molecule has 3 aromatic rings. The second-order valence-corrected chi connectivity index (χ2v) is 4.53. The molecule has 1 N–H and O–H groups in total. The molecular weight excluding hydrogens is 292 g/mol. The van der Waals surface area contributed by atoms with Crippen molar-refractivity contribution in [2.24, 2.45) is 0 Å². The molecule has 0 atom stereocenters. The molecule has 0 aliphatic heterocycles. The molecule has 0 fully saturated rings. The Morgan fingerprint density at radius 3 is 2.27 bits per heavy atom.